The number of primary amides is 1. The Kier molecular flexibility index (Phi) is 3.92. The Labute approximate surface area is 128 Å². The molecule has 0 spiro atoms. The van der Waals surface area contributed by atoms with Crippen LogP contribution in [0.5, 0.6) is 0 Å². The number of likely N-dealkylation sites (tertiary alicyclic amines) is 1. The Balaban J connectivity index is 1.73. The van der Waals surface area contributed by atoms with E-state index in [1.165, 1.54) is 4.90 Å². The second-order valence-corrected chi connectivity index (χ2v) is 7.35. The van der Waals surface area contributed by atoms with Gasteiger partial charge >= 0.3 is 6.18 Å². The summed E-state index contributed by atoms with van der Waals surface area (Å²) in [5, 5.41) is 3.62. The highest BCUT2D eigenvalue weighted by atomic mass is 19.4. The zero-order valence-corrected chi connectivity index (χ0v) is 12.8. The van der Waals surface area contributed by atoms with Gasteiger partial charge in [0.1, 0.15) is 6.04 Å². The molecule has 0 saturated carbocycles. The molecule has 3 fully saturated rings. The average molecular weight is 319 g/mol. The molecule has 3 saturated heterocycles. The number of carbonyl (C=O) groups excluding carboxylic acids is 1. The fraction of sp³-hybridized carbons (Fsp3) is 0.933. The summed E-state index contributed by atoms with van der Waals surface area (Å²) in [4.78, 5) is 13.0. The second-order valence-electron chi connectivity index (χ2n) is 7.35. The van der Waals surface area contributed by atoms with E-state index in [9.17, 15) is 18.0 Å². The van der Waals surface area contributed by atoms with Gasteiger partial charge in [-0.15, -0.1) is 0 Å². The van der Waals surface area contributed by atoms with Gasteiger partial charge in [0.15, 0.2) is 0 Å². The van der Waals surface area contributed by atoms with Gasteiger partial charge in [-0.2, -0.15) is 13.2 Å². The molecule has 4 nitrogen and oxygen atoms in total. The molecule has 3 unspecified atom stereocenters. The number of nitrogens with zero attached hydrogens (tertiary/aromatic N) is 1. The van der Waals surface area contributed by atoms with Gasteiger partial charge in [-0.3, -0.25) is 9.69 Å². The standard InChI is InChI=1S/C15H24F3N3O/c1-21-8-10(2-3-12(21)15(16,17)18)14-5-4-11(20-14)6-9(7-14)13(19)22/h9-12,20H,2-8H2,1H3,(H2,19,22)/t9?,10-,11?,12-,14?/m1/s1. The number of hydrogen-bond acceptors (Lipinski definition) is 3. The number of fused-ring (bicyclic) bond motifs is 2. The number of amides is 1. The molecule has 5 atom stereocenters. The van der Waals surface area contributed by atoms with Crippen LogP contribution in [0.4, 0.5) is 13.2 Å². The Morgan fingerprint density at radius 3 is 2.64 bits per heavy atom. The van der Waals surface area contributed by atoms with Crippen molar-refractivity contribution >= 4 is 5.91 Å². The zero-order chi connectivity index (χ0) is 16.1. The van der Waals surface area contributed by atoms with Crippen molar-refractivity contribution in [3.63, 3.8) is 0 Å². The lowest BCUT2D eigenvalue weighted by Crippen LogP contribution is -2.61. The van der Waals surface area contributed by atoms with Crippen molar-refractivity contribution in [2.45, 2.75) is 62.3 Å². The molecule has 0 aromatic rings. The lowest BCUT2D eigenvalue weighted by Gasteiger charge is -2.49. The number of piperidine rings is 2. The number of rotatable bonds is 2. The smallest absolute Gasteiger partial charge is 0.369 e. The van der Waals surface area contributed by atoms with E-state index in [-0.39, 0.29) is 35.7 Å². The van der Waals surface area contributed by atoms with Crippen LogP contribution in [-0.2, 0) is 4.79 Å². The van der Waals surface area contributed by atoms with Gasteiger partial charge < -0.3 is 11.1 Å². The van der Waals surface area contributed by atoms with Crippen LogP contribution >= 0.6 is 0 Å². The van der Waals surface area contributed by atoms with Crippen molar-refractivity contribution in [3.8, 4) is 0 Å². The fourth-order valence-corrected chi connectivity index (χ4v) is 4.90. The van der Waals surface area contributed by atoms with E-state index in [4.69, 9.17) is 5.73 Å². The van der Waals surface area contributed by atoms with Gasteiger partial charge in [0.25, 0.3) is 0 Å². The minimum absolute atomic E-state index is 0.139. The molecule has 3 rings (SSSR count). The maximum absolute atomic E-state index is 13.0. The number of halogens is 3. The molecule has 3 aliphatic rings. The predicted molar refractivity (Wildman–Crippen MR) is 76.0 cm³/mol. The Morgan fingerprint density at radius 1 is 1.32 bits per heavy atom. The van der Waals surface area contributed by atoms with Gasteiger partial charge in [-0.25, -0.2) is 0 Å². The lowest BCUT2D eigenvalue weighted by molar-refractivity contribution is -0.193. The predicted octanol–water partition coefficient (Wildman–Crippen LogP) is 1.65. The van der Waals surface area contributed by atoms with Crippen LogP contribution in [0.1, 0.15) is 38.5 Å². The molecule has 0 radical (unpaired) electrons. The molecule has 0 aromatic carbocycles. The number of nitrogens with one attached hydrogen (secondary N) is 1. The summed E-state index contributed by atoms with van der Waals surface area (Å²) < 4.78 is 39.0. The Morgan fingerprint density at radius 2 is 2.05 bits per heavy atom. The molecule has 7 heteroatoms. The van der Waals surface area contributed by atoms with Crippen molar-refractivity contribution < 1.29 is 18.0 Å². The summed E-state index contributed by atoms with van der Waals surface area (Å²) in [5.41, 5.74) is 5.29. The monoisotopic (exact) mass is 319 g/mol. The van der Waals surface area contributed by atoms with Gasteiger partial charge in [0.05, 0.1) is 0 Å². The highest BCUT2D eigenvalue weighted by molar-refractivity contribution is 5.77. The van der Waals surface area contributed by atoms with Gasteiger partial charge in [0.2, 0.25) is 5.91 Å². The summed E-state index contributed by atoms with van der Waals surface area (Å²) >= 11 is 0. The summed E-state index contributed by atoms with van der Waals surface area (Å²) in [5.74, 6) is -0.252. The van der Waals surface area contributed by atoms with E-state index in [1.54, 1.807) is 7.05 Å². The van der Waals surface area contributed by atoms with Crippen molar-refractivity contribution in [1.82, 2.24) is 10.2 Å². The topological polar surface area (TPSA) is 58.4 Å². The van der Waals surface area contributed by atoms with Crippen LogP contribution in [-0.4, -0.2) is 48.2 Å². The minimum atomic E-state index is -4.16. The third kappa shape index (κ3) is 2.73. The number of carbonyl (C=O) groups is 1. The lowest BCUT2D eigenvalue weighted by atomic mass is 9.70. The molecule has 22 heavy (non-hydrogen) atoms. The van der Waals surface area contributed by atoms with Crippen LogP contribution in [0.2, 0.25) is 0 Å². The van der Waals surface area contributed by atoms with E-state index in [1.807, 2.05) is 0 Å². The number of hydrogen-bond donors (Lipinski definition) is 2. The second kappa shape index (κ2) is 5.37. The molecule has 1 amide bonds. The highest BCUT2D eigenvalue weighted by Crippen LogP contribution is 2.47. The van der Waals surface area contributed by atoms with Crippen LogP contribution in [0, 0.1) is 11.8 Å². The van der Waals surface area contributed by atoms with Crippen molar-refractivity contribution in [2.24, 2.45) is 17.6 Å². The normalized spacial score (nSPS) is 43.3. The average Bonchev–Trinajstić information content (AvgIpc) is 2.73. The van der Waals surface area contributed by atoms with E-state index in [0.29, 0.717) is 19.4 Å². The number of alkyl halides is 3. The Bertz CT molecular complexity index is 456. The molecule has 3 heterocycles. The summed E-state index contributed by atoms with van der Waals surface area (Å²) in [6, 6.07) is -1.05. The minimum Gasteiger partial charge on any atom is -0.369 e. The van der Waals surface area contributed by atoms with E-state index < -0.39 is 12.2 Å². The molecule has 3 aliphatic heterocycles. The highest BCUT2D eigenvalue weighted by Gasteiger charge is 2.54. The first-order valence-corrected chi connectivity index (χ1v) is 8.05. The molecule has 0 aromatic heterocycles. The van der Waals surface area contributed by atoms with Crippen molar-refractivity contribution in [3.05, 3.63) is 0 Å². The number of nitrogens with two attached hydrogens (primary N) is 1. The first kappa shape index (κ1) is 16.1. The molecule has 0 aliphatic carbocycles. The molecular formula is C15H24F3N3O. The first-order chi connectivity index (χ1) is 10.2. The molecule has 126 valence electrons. The summed E-state index contributed by atoms with van der Waals surface area (Å²) in [6.07, 6.45) is -0.0900. The largest absolute Gasteiger partial charge is 0.404 e. The molecule has 2 bridgehead atoms. The zero-order valence-electron chi connectivity index (χ0n) is 12.8. The first-order valence-electron chi connectivity index (χ1n) is 8.05. The quantitative estimate of drug-likeness (QED) is 0.813. The third-order valence-corrected chi connectivity index (χ3v) is 6.00. The maximum Gasteiger partial charge on any atom is 0.404 e. The summed E-state index contributed by atoms with van der Waals surface area (Å²) in [6.45, 7) is 0.426. The van der Waals surface area contributed by atoms with Crippen LogP contribution in [0.25, 0.3) is 0 Å². The van der Waals surface area contributed by atoms with Crippen LogP contribution in [0.15, 0.2) is 0 Å². The van der Waals surface area contributed by atoms with E-state index in [0.717, 1.165) is 19.3 Å². The van der Waals surface area contributed by atoms with Gasteiger partial charge in [0, 0.05) is 24.0 Å². The van der Waals surface area contributed by atoms with Crippen molar-refractivity contribution in [2.75, 3.05) is 13.6 Å². The fourth-order valence-electron chi connectivity index (χ4n) is 4.90. The van der Waals surface area contributed by atoms with Crippen LogP contribution in [0.3, 0.4) is 0 Å². The third-order valence-electron chi connectivity index (χ3n) is 6.00. The maximum atomic E-state index is 13.0. The van der Waals surface area contributed by atoms with E-state index in [2.05, 4.69) is 5.32 Å². The van der Waals surface area contributed by atoms with Gasteiger partial charge in [-0.05, 0) is 51.5 Å². The van der Waals surface area contributed by atoms with Crippen molar-refractivity contribution in [1.29, 1.82) is 0 Å². The molecular weight excluding hydrogens is 295 g/mol. The van der Waals surface area contributed by atoms with E-state index >= 15 is 0 Å². The summed E-state index contributed by atoms with van der Waals surface area (Å²) in [7, 11) is 1.56. The van der Waals surface area contributed by atoms with Crippen LogP contribution < -0.4 is 11.1 Å². The Hall–Kier alpha value is -0.820. The van der Waals surface area contributed by atoms with Gasteiger partial charge in [-0.1, -0.05) is 0 Å². The molecule has 3 N–H and O–H groups in total. The SMILES string of the molecule is CN1C[C@H](C23CCC(CC(C(N)=O)C2)N3)CC[C@@H]1C(F)(F)F.